The molecule has 1 unspecified atom stereocenters. The molecule has 1 aromatic carbocycles. The second-order valence-corrected chi connectivity index (χ2v) is 3.29. The van der Waals surface area contributed by atoms with Crippen molar-refractivity contribution >= 4 is 5.97 Å². The van der Waals surface area contributed by atoms with Crippen molar-refractivity contribution < 1.29 is 9.90 Å². The van der Waals surface area contributed by atoms with Crippen LogP contribution in [0.1, 0.15) is 24.8 Å². The van der Waals surface area contributed by atoms with Gasteiger partial charge in [0, 0.05) is 6.08 Å². The molecule has 1 atom stereocenters. The van der Waals surface area contributed by atoms with Crippen LogP contribution >= 0.6 is 0 Å². The van der Waals surface area contributed by atoms with Gasteiger partial charge in [-0.25, -0.2) is 4.79 Å². The molecule has 0 saturated heterocycles. The van der Waals surface area contributed by atoms with Crippen LogP contribution in [0.3, 0.4) is 0 Å². The molecule has 0 aliphatic heterocycles. The van der Waals surface area contributed by atoms with Crippen LogP contribution in [0.25, 0.3) is 0 Å². The first-order valence-corrected chi connectivity index (χ1v) is 4.64. The van der Waals surface area contributed by atoms with Gasteiger partial charge in [-0.15, -0.1) is 0 Å². The molecule has 0 radical (unpaired) electrons. The first kappa shape index (κ1) is 10.5. The minimum absolute atomic E-state index is 0.367. The van der Waals surface area contributed by atoms with E-state index in [0.717, 1.165) is 6.42 Å². The fourth-order valence-corrected chi connectivity index (χ4v) is 1.29. The monoisotopic (exact) mass is 190 g/mol. The average molecular weight is 190 g/mol. The van der Waals surface area contributed by atoms with Crippen LogP contribution < -0.4 is 0 Å². The molecule has 0 aromatic heterocycles. The van der Waals surface area contributed by atoms with E-state index in [1.165, 1.54) is 11.6 Å². The summed E-state index contributed by atoms with van der Waals surface area (Å²) in [6, 6.07) is 10.1. The van der Waals surface area contributed by atoms with Gasteiger partial charge in [0.1, 0.15) is 0 Å². The van der Waals surface area contributed by atoms with E-state index >= 15 is 0 Å². The average Bonchev–Trinajstić information content (AvgIpc) is 2.18. The third kappa shape index (κ3) is 3.44. The zero-order valence-corrected chi connectivity index (χ0v) is 8.18. The number of benzene rings is 1. The highest BCUT2D eigenvalue weighted by Gasteiger charge is 2.01. The van der Waals surface area contributed by atoms with Gasteiger partial charge in [0.05, 0.1) is 0 Å². The Labute approximate surface area is 83.9 Å². The molecule has 0 heterocycles. The summed E-state index contributed by atoms with van der Waals surface area (Å²) in [5, 5.41) is 8.41. The summed E-state index contributed by atoms with van der Waals surface area (Å²) in [5.74, 6) is -0.517. The predicted octanol–water partition coefficient (Wildman–Crippen LogP) is 2.82. The Balaban J connectivity index is 2.51. The fraction of sp³-hybridized carbons (Fsp3) is 0.250. The predicted molar refractivity (Wildman–Crippen MR) is 56.2 cm³/mol. The number of hydrogen-bond acceptors (Lipinski definition) is 1. The molecule has 0 fully saturated rings. The molecule has 2 nitrogen and oxygen atoms in total. The number of aliphatic carboxylic acids is 1. The van der Waals surface area contributed by atoms with E-state index in [1.807, 2.05) is 18.2 Å². The van der Waals surface area contributed by atoms with Crippen molar-refractivity contribution in [3.05, 3.63) is 48.0 Å². The maximum Gasteiger partial charge on any atom is 0.327 e. The Morgan fingerprint density at radius 2 is 2.07 bits per heavy atom. The summed E-state index contributed by atoms with van der Waals surface area (Å²) < 4.78 is 0. The summed E-state index contributed by atoms with van der Waals surface area (Å²) in [6.07, 6.45) is 3.65. The van der Waals surface area contributed by atoms with Gasteiger partial charge in [-0.2, -0.15) is 0 Å². The SMILES string of the molecule is CC(CC=CC(=O)O)c1ccccc1. The van der Waals surface area contributed by atoms with Crippen LogP contribution in [0, 0.1) is 0 Å². The van der Waals surface area contributed by atoms with Gasteiger partial charge in [-0.05, 0) is 17.9 Å². The van der Waals surface area contributed by atoms with Crippen molar-refractivity contribution in [2.75, 3.05) is 0 Å². The van der Waals surface area contributed by atoms with Crippen LogP contribution in [0.4, 0.5) is 0 Å². The van der Waals surface area contributed by atoms with Crippen molar-refractivity contribution in [2.24, 2.45) is 0 Å². The van der Waals surface area contributed by atoms with Crippen LogP contribution in [0.15, 0.2) is 42.5 Å². The third-order valence-corrected chi connectivity index (χ3v) is 2.12. The van der Waals surface area contributed by atoms with Gasteiger partial charge >= 0.3 is 5.97 Å². The third-order valence-electron chi connectivity index (χ3n) is 2.12. The summed E-state index contributed by atoms with van der Waals surface area (Å²) in [7, 11) is 0. The van der Waals surface area contributed by atoms with E-state index in [-0.39, 0.29) is 0 Å². The molecule has 74 valence electrons. The first-order chi connectivity index (χ1) is 6.70. The van der Waals surface area contributed by atoms with Crippen LogP contribution in [0.5, 0.6) is 0 Å². The quantitative estimate of drug-likeness (QED) is 0.741. The second kappa shape index (κ2) is 5.22. The van der Waals surface area contributed by atoms with E-state index in [4.69, 9.17) is 5.11 Å². The highest BCUT2D eigenvalue weighted by atomic mass is 16.4. The maximum absolute atomic E-state index is 10.2. The highest BCUT2D eigenvalue weighted by molar-refractivity contribution is 5.79. The Kier molecular flexibility index (Phi) is 3.92. The summed E-state index contributed by atoms with van der Waals surface area (Å²) in [5.41, 5.74) is 1.24. The maximum atomic E-state index is 10.2. The Morgan fingerprint density at radius 1 is 1.43 bits per heavy atom. The van der Waals surface area contributed by atoms with E-state index in [2.05, 4.69) is 19.1 Å². The first-order valence-electron chi connectivity index (χ1n) is 4.64. The lowest BCUT2D eigenvalue weighted by Crippen LogP contribution is -1.92. The number of carboxylic acid groups (broad SMARTS) is 1. The van der Waals surface area contributed by atoms with Gasteiger partial charge < -0.3 is 5.11 Å². The van der Waals surface area contributed by atoms with Gasteiger partial charge in [-0.3, -0.25) is 0 Å². The van der Waals surface area contributed by atoms with E-state index in [1.54, 1.807) is 6.08 Å². The van der Waals surface area contributed by atoms with Gasteiger partial charge in [-0.1, -0.05) is 43.3 Å². The summed E-state index contributed by atoms with van der Waals surface area (Å²) >= 11 is 0. The molecular formula is C12H14O2. The lowest BCUT2D eigenvalue weighted by Gasteiger charge is -2.07. The molecule has 0 bridgehead atoms. The number of rotatable bonds is 4. The molecule has 0 spiro atoms. The van der Waals surface area contributed by atoms with Gasteiger partial charge in [0.2, 0.25) is 0 Å². The summed E-state index contributed by atoms with van der Waals surface area (Å²) in [4.78, 5) is 10.2. The highest BCUT2D eigenvalue weighted by Crippen LogP contribution is 2.18. The number of carboxylic acids is 1. The van der Waals surface area contributed by atoms with E-state index in [0.29, 0.717) is 5.92 Å². The van der Waals surface area contributed by atoms with Crippen LogP contribution in [0.2, 0.25) is 0 Å². The van der Waals surface area contributed by atoms with E-state index < -0.39 is 5.97 Å². The summed E-state index contributed by atoms with van der Waals surface area (Å²) in [6.45, 7) is 2.08. The Bertz CT molecular complexity index is 314. The van der Waals surface area contributed by atoms with Crippen molar-refractivity contribution in [2.45, 2.75) is 19.3 Å². The minimum atomic E-state index is -0.884. The Morgan fingerprint density at radius 3 is 2.64 bits per heavy atom. The molecule has 0 aliphatic rings. The molecular weight excluding hydrogens is 176 g/mol. The zero-order valence-electron chi connectivity index (χ0n) is 8.18. The molecule has 14 heavy (non-hydrogen) atoms. The standard InChI is InChI=1S/C12H14O2/c1-10(6-5-9-12(13)14)11-7-3-2-4-8-11/h2-5,7-10H,6H2,1H3,(H,13,14). The topological polar surface area (TPSA) is 37.3 Å². The van der Waals surface area contributed by atoms with Crippen molar-refractivity contribution in [3.63, 3.8) is 0 Å². The second-order valence-electron chi connectivity index (χ2n) is 3.29. The smallest absolute Gasteiger partial charge is 0.327 e. The normalized spacial score (nSPS) is 12.9. The minimum Gasteiger partial charge on any atom is -0.478 e. The number of hydrogen-bond donors (Lipinski definition) is 1. The van der Waals surface area contributed by atoms with Gasteiger partial charge in [0.15, 0.2) is 0 Å². The number of carbonyl (C=O) groups is 1. The molecule has 1 rings (SSSR count). The molecule has 0 aliphatic carbocycles. The van der Waals surface area contributed by atoms with Gasteiger partial charge in [0.25, 0.3) is 0 Å². The molecule has 2 heteroatoms. The van der Waals surface area contributed by atoms with Crippen molar-refractivity contribution in [1.82, 2.24) is 0 Å². The zero-order chi connectivity index (χ0) is 10.4. The van der Waals surface area contributed by atoms with Crippen molar-refractivity contribution in [3.8, 4) is 0 Å². The molecule has 1 N–H and O–H groups in total. The fourth-order valence-electron chi connectivity index (χ4n) is 1.29. The van der Waals surface area contributed by atoms with Crippen LogP contribution in [-0.4, -0.2) is 11.1 Å². The van der Waals surface area contributed by atoms with Crippen LogP contribution in [-0.2, 0) is 4.79 Å². The lowest BCUT2D eigenvalue weighted by atomic mass is 9.98. The van der Waals surface area contributed by atoms with E-state index in [9.17, 15) is 4.79 Å². The lowest BCUT2D eigenvalue weighted by molar-refractivity contribution is -0.131. The number of allylic oxidation sites excluding steroid dienone is 1. The molecule has 0 amide bonds. The largest absolute Gasteiger partial charge is 0.478 e. The molecule has 0 saturated carbocycles. The van der Waals surface area contributed by atoms with Crippen molar-refractivity contribution in [1.29, 1.82) is 0 Å². The molecule has 1 aromatic rings. The Hall–Kier alpha value is -1.57.